The van der Waals surface area contributed by atoms with Crippen molar-refractivity contribution in [3.63, 3.8) is 0 Å². The summed E-state index contributed by atoms with van der Waals surface area (Å²) in [6.07, 6.45) is 0. The van der Waals surface area contributed by atoms with Gasteiger partial charge in [0.25, 0.3) is 0 Å². The van der Waals surface area contributed by atoms with Gasteiger partial charge in [0, 0.05) is 25.3 Å². The lowest BCUT2D eigenvalue weighted by atomic mass is 10.1. The van der Waals surface area contributed by atoms with Crippen LogP contribution in [0.4, 0.5) is 10.1 Å². The van der Waals surface area contributed by atoms with Crippen molar-refractivity contribution in [2.24, 2.45) is 0 Å². The Morgan fingerprint density at radius 3 is 2.44 bits per heavy atom. The van der Waals surface area contributed by atoms with E-state index in [9.17, 15) is 9.18 Å². The maximum Gasteiger partial charge on any atom is 0.214 e. The lowest BCUT2D eigenvalue weighted by molar-refractivity contribution is 0.102. The van der Waals surface area contributed by atoms with E-state index in [4.69, 9.17) is 0 Å². The summed E-state index contributed by atoms with van der Waals surface area (Å²) in [4.78, 5) is 14.2. The molecule has 2 aromatic carbocycles. The van der Waals surface area contributed by atoms with E-state index in [0.717, 1.165) is 11.4 Å². The predicted octanol–water partition coefficient (Wildman–Crippen LogP) is 2.84. The molecule has 0 aliphatic rings. The summed E-state index contributed by atoms with van der Waals surface area (Å²) in [7, 11) is 3.93. The van der Waals surface area contributed by atoms with Gasteiger partial charge in [-0.3, -0.25) is 4.79 Å². The van der Waals surface area contributed by atoms with Crippen LogP contribution in [-0.4, -0.2) is 45.8 Å². The molecule has 0 atom stereocenters. The minimum atomic E-state index is -0.366. The molecule has 0 unspecified atom stereocenters. The van der Waals surface area contributed by atoms with Crippen LogP contribution >= 0.6 is 11.8 Å². The zero-order valence-corrected chi connectivity index (χ0v) is 14.6. The Morgan fingerprint density at radius 2 is 1.80 bits per heavy atom. The molecule has 0 N–H and O–H groups in total. The van der Waals surface area contributed by atoms with Crippen molar-refractivity contribution in [1.82, 2.24) is 20.2 Å². The molecule has 3 rings (SSSR count). The second kappa shape index (κ2) is 7.43. The van der Waals surface area contributed by atoms with Crippen LogP contribution in [-0.2, 0) is 0 Å². The number of anilines is 1. The van der Waals surface area contributed by atoms with E-state index in [1.165, 1.54) is 36.0 Å². The smallest absolute Gasteiger partial charge is 0.214 e. The Bertz CT molecular complexity index is 862. The molecule has 128 valence electrons. The number of tetrazole rings is 1. The number of thioether (sulfide) groups is 1. The van der Waals surface area contributed by atoms with Crippen LogP contribution in [0.2, 0.25) is 0 Å². The van der Waals surface area contributed by atoms with E-state index < -0.39 is 0 Å². The van der Waals surface area contributed by atoms with Crippen LogP contribution in [0, 0.1) is 5.82 Å². The van der Waals surface area contributed by atoms with Crippen molar-refractivity contribution in [3.05, 3.63) is 59.9 Å². The number of halogens is 1. The van der Waals surface area contributed by atoms with Gasteiger partial charge in [-0.1, -0.05) is 11.8 Å². The topological polar surface area (TPSA) is 63.9 Å². The van der Waals surface area contributed by atoms with Crippen molar-refractivity contribution in [2.75, 3.05) is 24.7 Å². The Morgan fingerprint density at radius 1 is 1.12 bits per heavy atom. The molecular weight excluding hydrogens is 341 g/mol. The van der Waals surface area contributed by atoms with Gasteiger partial charge in [-0.2, -0.15) is 4.68 Å². The molecule has 1 aromatic heterocycles. The van der Waals surface area contributed by atoms with E-state index in [2.05, 4.69) is 15.5 Å². The summed E-state index contributed by atoms with van der Waals surface area (Å²) in [6.45, 7) is 0. The minimum Gasteiger partial charge on any atom is -0.378 e. The van der Waals surface area contributed by atoms with Crippen LogP contribution in [0.15, 0.2) is 53.7 Å². The van der Waals surface area contributed by atoms with E-state index in [1.54, 1.807) is 4.68 Å². The first-order chi connectivity index (χ1) is 12.0. The first-order valence-corrected chi connectivity index (χ1v) is 8.51. The second-order valence-corrected chi connectivity index (χ2v) is 6.45. The fourth-order valence-corrected chi connectivity index (χ4v) is 2.96. The molecule has 1 heterocycles. The Balaban J connectivity index is 1.71. The Hall–Kier alpha value is -2.74. The van der Waals surface area contributed by atoms with Gasteiger partial charge in [0.2, 0.25) is 5.16 Å². The fraction of sp³-hybridized carbons (Fsp3) is 0.176. The Labute approximate surface area is 148 Å². The number of carbonyl (C=O) groups is 1. The quantitative estimate of drug-likeness (QED) is 0.499. The number of nitrogens with zero attached hydrogens (tertiary/aromatic N) is 5. The van der Waals surface area contributed by atoms with Crippen molar-refractivity contribution in [2.45, 2.75) is 5.16 Å². The van der Waals surface area contributed by atoms with Crippen molar-refractivity contribution in [3.8, 4) is 5.69 Å². The number of hydrogen-bond acceptors (Lipinski definition) is 6. The third-order valence-electron chi connectivity index (χ3n) is 3.55. The summed E-state index contributed by atoms with van der Waals surface area (Å²) >= 11 is 1.24. The normalized spacial score (nSPS) is 10.7. The lowest BCUT2D eigenvalue weighted by Crippen LogP contribution is -2.09. The zero-order valence-electron chi connectivity index (χ0n) is 13.8. The molecule has 0 amide bonds. The summed E-state index contributed by atoms with van der Waals surface area (Å²) in [6, 6.07) is 13.3. The van der Waals surface area contributed by atoms with Gasteiger partial charge in [-0.25, -0.2) is 4.39 Å². The van der Waals surface area contributed by atoms with Gasteiger partial charge in [0.15, 0.2) is 5.78 Å². The largest absolute Gasteiger partial charge is 0.378 e. The molecular formula is C17H16FN5OS. The molecule has 0 aliphatic carbocycles. The lowest BCUT2D eigenvalue weighted by Gasteiger charge is -2.12. The van der Waals surface area contributed by atoms with Crippen LogP contribution in [0.25, 0.3) is 5.69 Å². The van der Waals surface area contributed by atoms with Crippen molar-refractivity contribution < 1.29 is 9.18 Å². The van der Waals surface area contributed by atoms with Crippen LogP contribution < -0.4 is 4.90 Å². The molecule has 0 bridgehead atoms. The molecule has 3 aromatic rings. The van der Waals surface area contributed by atoms with Gasteiger partial charge >= 0.3 is 0 Å². The summed E-state index contributed by atoms with van der Waals surface area (Å²) in [5.74, 6) is -0.307. The third kappa shape index (κ3) is 4.03. The monoisotopic (exact) mass is 357 g/mol. The third-order valence-corrected chi connectivity index (χ3v) is 4.47. The number of aromatic nitrogens is 4. The van der Waals surface area contributed by atoms with Crippen LogP contribution in [0.3, 0.4) is 0 Å². The van der Waals surface area contributed by atoms with Gasteiger partial charge < -0.3 is 4.90 Å². The molecule has 0 spiro atoms. The highest BCUT2D eigenvalue weighted by Gasteiger charge is 2.13. The van der Waals surface area contributed by atoms with E-state index in [1.807, 2.05) is 43.3 Å². The Kier molecular flexibility index (Phi) is 5.08. The molecule has 8 heteroatoms. The number of benzene rings is 2. The first kappa shape index (κ1) is 17.1. The highest BCUT2D eigenvalue weighted by Crippen LogP contribution is 2.21. The average molecular weight is 357 g/mol. The van der Waals surface area contributed by atoms with Gasteiger partial charge in [0.05, 0.1) is 11.4 Å². The molecule has 0 fully saturated rings. The summed E-state index contributed by atoms with van der Waals surface area (Å²) in [5.41, 5.74) is 2.34. The van der Waals surface area contributed by atoms with Gasteiger partial charge in [-0.15, -0.1) is 5.10 Å². The first-order valence-electron chi connectivity index (χ1n) is 7.52. The van der Waals surface area contributed by atoms with Gasteiger partial charge in [-0.05, 0) is 59.0 Å². The van der Waals surface area contributed by atoms with E-state index >= 15 is 0 Å². The number of carbonyl (C=O) groups excluding carboxylic acids is 1. The average Bonchev–Trinajstić information content (AvgIpc) is 3.09. The highest BCUT2D eigenvalue weighted by atomic mass is 32.2. The second-order valence-electron chi connectivity index (χ2n) is 5.50. The molecule has 25 heavy (non-hydrogen) atoms. The summed E-state index contributed by atoms with van der Waals surface area (Å²) in [5, 5.41) is 12.2. The molecule has 6 nitrogen and oxygen atoms in total. The van der Waals surface area contributed by atoms with E-state index in [-0.39, 0.29) is 17.4 Å². The van der Waals surface area contributed by atoms with E-state index in [0.29, 0.717) is 10.7 Å². The number of Topliss-reactive ketones (excluding diaryl/α,β-unsaturated/α-hetero) is 1. The summed E-state index contributed by atoms with van der Waals surface area (Å²) < 4.78 is 14.5. The minimum absolute atomic E-state index is 0.109. The van der Waals surface area contributed by atoms with Gasteiger partial charge in [0.1, 0.15) is 5.82 Å². The standard InChI is InChI=1S/C17H16FN5OS/c1-22(2)14-7-9-15(10-8-14)23-17(19-20-21-23)25-11-16(24)12-3-5-13(18)6-4-12/h3-10H,11H2,1-2H3. The maximum absolute atomic E-state index is 12.9. The SMILES string of the molecule is CN(C)c1ccc(-n2nnnc2SCC(=O)c2ccc(F)cc2)cc1. The van der Waals surface area contributed by atoms with Crippen molar-refractivity contribution >= 4 is 23.2 Å². The van der Waals surface area contributed by atoms with Crippen molar-refractivity contribution in [1.29, 1.82) is 0 Å². The molecule has 0 saturated carbocycles. The number of rotatable bonds is 6. The molecule has 0 saturated heterocycles. The molecule has 0 radical (unpaired) electrons. The highest BCUT2D eigenvalue weighted by molar-refractivity contribution is 7.99. The van der Waals surface area contributed by atoms with Crippen LogP contribution in [0.5, 0.6) is 0 Å². The zero-order chi connectivity index (χ0) is 17.8. The molecule has 0 aliphatic heterocycles. The maximum atomic E-state index is 12.9. The number of ketones is 1. The van der Waals surface area contributed by atoms with Crippen LogP contribution in [0.1, 0.15) is 10.4 Å². The predicted molar refractivity (Wildman–Crippen MR) is 94.9 cm³/mol. The number of hydrogen-bond donors (Lipinski definition) is 0. The fourth-order valence-electron chi connectivity index (χ4n) is 2.17.